The van der Waals surface area contributed by atoms with Crippen LogP contribution in [0.15, 0.2) is 18.5 Å². The highest BCUT2D eigenvalue weighted by molar-refractivity contribution is 5.21. The van der Waals surface area contributed by atoms with Crippen molar-refractivity contribution < 1.29 is 0 Å². The zero-order chi connectivity index (χ0) is 9.80. The smallest absolute Gasteiger partial charge is 0.0302 e. The van der Waals surface area contributed by atoms with Gasteiger partial charge in [-0.05, 0) is 56.3 Å². The maximum atomic E-state index is 4.15. The number of nitrogens with one attached hydrogen (secondary N) is 1. The lowest BCUT2D eigenvalue weighted by Crippen LogP contribution is -2.17. The number of nitrogens with zero attached hydrogens (tertiary/aromatic N) is 1. The second kappa shape index (κ2) is 4.56. The van der Waals surface area contributed by atoms with Crippen molar-refractivity contribution in [3.05, 3.63) is 29.6 Å². The minimum absolute atomic E-state index is 0.838. The maximum absolute atomic E-state index is 4.15. The van der Waals surface area contributed by atoms with Crippen LogP contribution < -0.4 is 5.32 Å². The number of aryl methyl sites for hydroxylation is 2. The standard InChI is InChI=1S/C12H18N2/c1-10-6-8-13-9-11(10)3-2-7-14-12-4-5-12/h6,8-9,12,14H,2-5,7H2,1H3. The van der Waals surface area contributed by atoms with Crippen LogP contribution in [0.25, 0.3) is 0 Å². The third-order valence-corrected chi connectivity index (χ3v) is 2.78. The van der Waals surface area contributed by atoms with E-state index in [1.165, 1.54) is 30.4 Å². The molecule has 1 aromatic rings. The van der Waals surface area contributed by atoms with Crippen LogP contribution in [0, 0.1) is 6.92 Å². The van der Waals surface area contributed by atoms with Crippen LogP contribution in [0.3, 0.4) is 0 Å². The Kier molecular flexibility index (Phi) is 3.14. The van der Waals surface area contributed by atoms with Crippen molar-refractivity contribution in [2.45, 2.75) is 38.6 Å². The largest absolute Gasteiger partial charge is 0.314 e. The van der Waals surface area contributed by atoms with Crippen molar-refractivity contribution in [3.63, 3.8) is 0 Å². The Morgan fingerprint density at radius 3 is 3.07 bits per heavy atom. The van der Waals surface area contributed by atoms with Gasteiger partial charge in [-0.15, -0.1) is 0 Å². The number of pyridine rings is 1. The zero-order valence-corrected chi connectivity index (χ0v) is 8.79. The third kappa shape index (κ3) is 2.81. The van der Waals surface area contributed by atoms with Gasteiger partial charge in [0.25, 0.3) is 0 Å². The van der Waals surface area contributed by atoms with Gasteiger partial charge in [0.2, 0.25) is 0 Å². The molecule has 0 aromatic carbocycles. The minimum atomic E-state index is 0.838. The maximum Gasteiger partial charge on any atom is 0.0302 e. The van der Waals surface area contributed by atoms with Crippen LogP contribution in [-0.4, -0.2) is 17.6 Å². The van der Waals surface area contributed by atoms with Gasteiger partial charge in [-0.25, -0.2) is 0 Å². The molecule has 1 fully saturated rings. The fourth-order valence-electron chi connectivity index (χ4n) is 1.63. The van der Waals surface area contributed by atoms with E-state index in [-0.39, 0.29) is 0 Å². The van der Waals surface area contributed by atoms with E-state index in [9.17, 15) is 0 Å². The molecule has 76 valence electrons. The monoisotopic (exact) mass is 190 g/mol. The second-order valence-corrected chi connectivity index (χ2v) is 4.13. The summed E-state index contributed by atoms with van der Waals surface area (Å²) in [4.78, 5) is 4.15. The number of aromatic nitrogens is 1. The summed E-state index contributed by atoms with van der Waals surface area (Å²) in [6, 6.07) is 2.92. The summed E-state index contributed by atoms with van der Waals surface area (Å²) in [5, 5.41) is 3.53. The Labute approximate surface area is 85.7 Å². The molecule has 1 heterocycles. The highest BCUT2D eigenvalue weighted by Gasteiger charge is 2.19. The summed E-state index contributed by atoms with van der Waals surface area (Å²) in [5.74, 6) is 0. The molecule has 1 saturated carbocycles. The predicted octanol–water partition coefficient (Wildman–Crippen LogP) is 2.07. The fourth-order valence-corrected chi connectivity index (χ4v) is 1.63. The van der Waals surface area contributed by atoms with Crippen molar-refractivity contribution in [3.8, 4) is 0 Å². The van der Waals surface area contributed by atoms with Crippen LogP contribution in [0.4, 0.5) is 0 Å². The molecule has 0 unspecified atom stereocenters. The van der Waals surface area contributed by atoms with Gasteiger partial charge < -0.3 is 5.32 Å². The number of rotatable bonds is 5. The molecule has 14 heavy (non-hydrogen) atoms. The van der Waals surface area contributed by atoms with Gasteiger partial charge in [-0.2, -0.15) is 0 Å². The van der Waals surface area contributed by atoms with Gasteiger partial charge in [0, 0.05) is 18.4 Å². The van der Waals surface area contributed by atoms with Gasteiger partial charge in [0.1, 0.15) is 0 Å². The summed E-state index contributed by atoms with van der Waals surface area (Å²) < 4.78 is 0. The molecule has 1 aliphatic rings. The van der Waals surface area contributed by atoms with Crippen LogP contribution in [-0.2, 0) is 6.42 Å². The van der Waals surface area contributed by atoms with Crippen molar-refractivity contribution in [2.75, 3.05) is 6.54 Å². The molecule has 0 amide bonds. The molecule has 1 aliphatic carbocycles. The summed E-state index contributed by atoms with van der Waals surface area (Å²) >= 11 is 0. The summed E-state index contributed by atoms with van der Waals surface area (Å²) in [5.41, 5.74) is 2.76. The van der Waals surface area contributed by atoms with Crippen LogP contribution in [0.1, 0.15) is 30.4 Å². The fraction of sp³-hybridized carbons (Fsp3) is 0.583. The third-order valence-electron chi connectivity index (χ3n) is 2.78. The molecular weight excluding hydrogens is 172 g/mol. The number of hydrogen-bond acceptors (Lipinski definition) is 2. The lowest BCUT2D eigenvalue weighted by Gasteiger charge is -2.05. The average Bonchev–Trinajstić information content (AvgIpc) is 2.99. The average molecular weight is 190 g/mol. The highest BCUT2D eigenvalue weighted by atomic mass is 14.9. The second-order valence-electron chi connectivity index (χ2n) is 4.13. The summed E-state index contributed by atoms with van der Waals surface area (Å²) in [6.07, 6.45) is 8.99. The predicted molar refractivity (Wildman–Crippen MR) is 58.3 cm³/mol. The molecule has 1 aromatic heterocycles. The van der Waals surface area contributed by atoms with Gasteiger partial charge in [-0.1, -0.05) is 0 Å². The van der Waals surface area contributed by atoms with Crippen LogP contribution >= 0.6 is 0 Å². The van der Waals surface area contributed by atoms with Gasteiger partial charge in [-0.3, -0.25) is 4.98 Å². The summed E-state index contributed by atoms with van der Waals surface area (Å²) in [6.45, 7) is 3.31. The molecule has 2 nitrogen and oxygen atoms in total. The quantitative estimate of drug-likeness (QED) is 0.719. The summed E-state index contributed by atoms with van der Waals surface area (Å²) in [7, 11) is 0. The molecule has 2 rings (SSSR count). The van der Waals surface area contributed by atoms with E-state index in [0.29, 0.717) is 0 Å². The molecule has 0 aliphatic heterocycles. The van der Waals surface area contributed by atoms with Crippen molar-refractivity contribution in [1.82, 2.24) is 10.3 Å². The van der Waals surface area contributed by atoms with Crippen LogP contribution in [0.5, 0.6) is 0 Å². The first-order valence-corrected chi connectivity index (χ1v) is 5.49. The number of hydrogen-bond donors (Lipinski definition) is 1. The van der Waals surface area contributed by atoms with E-state index in [1.54, 1.807) is 0 Å². The Bertz CT molecular complexity index is 292. The molecule has 0 atom stereocenters. The Morgan fingerprint density at radius 2 is 2.36 bits per heavy atom. The van der Waals surface area contributed by atoms with Gasteiger partial charge in [0.05, 0.1) is 0 Å². The normalized spacial score (nSPS) is 15.8. The molecule has 0 spiro atoms. The zero-order valence-electron chi connectivity index (χ0n) is 8.79. The highest BCUT2D eigenvalue weighted by Crippen LogP contribution is 2.18. The van der Waals surface area contributed by atoms with Gasteiger partial charge in [0.15, 0.2) is 0 Å². The van der Waals surface area contributed by atoms with E-state index >= 15 is 0 Å². The molecule has 0 bridgehead atoms. The van der Waals surface area contributed by atoms with Crippen molar-refractivity contribution in [2.24, 2.45) is 0 Å². The minimum Gasteiger partial charge on any atom is -0.314 e. The Morgan fingerprint density at radius 1 is 1.50 bits per heavy atom. The van der Waals surface area contributed by atoms with Crippen molar-refractivity contribution >= 4 is 0 Å². The first-order chi connectivity index (χ1) is 6.86. The molecule has 0 saturated heterocycles. The van der Waals surface area contributed by atoms with E-state index in [0.717, 1.165) is 19.0 Å². The lowest BCUT2D eigenvalue weighted by molar-refractivity contribution is 0.644. The first kappa shape index (κ1) is 9.66. The topological polar surface area (TPSA) is 24.9 Å². The molecular formula is C12H18N2. The van der Waals surface area contributed by atoms with E-state index in [1.807, 2.05) is 12.4 Å². The lowest BCUT2D eigenvalue weighted by atomic mass is 10.1. The van der Waals surface area contributed by atoms with Gasteiger partial charge >= 0.3 is 0 Å². The van der Waals surface area contributed by atoms with Crippen molar-refractivity contribution in [1.29, 1.82) is 0 Å². The molecule has 1 N–H and O–H groups in total. The molecule has 2 heteroatoms. The van der Waals surface area contributed by atoms with E-state index in [4.69, 9.17) is 0 Å². The van der Waals surface area contributed by atoms with Crippen LogP contribution in [0.2, 0.25) is 0 Å². The first-order valence-electron chi connectivity index (χ1n) is 5.49. The Hall–Kier alpha value is -0.890. The van der Waals surface area contributed by atoms with E-state index < -0.39 is 0 Å². The molecule has 0 radical (unpaired) electrons. The van der Waals surface area contributed by atoms with E-state index in [2.05, 4.69) is 23.3 Å². The SMILES string of the molecule is Cc1ccncc1CCCNC1CC1. The Balaban J connectivity index is 1.71.